The normalized spacial score (nSPS) is 21.9. The minimum atomic E-state index is -0.943. The van der Waals surface area contributed by atoms with Crippen LogP contribution in [0.15, 0.2) is 35.0 Å². The van der Waals surface area contributed by atoms with E-state index in [-0.39, 0.29) is 5.57 Å². The molecule has 2 aliphatic rings. The molecule has 1 N–H and O–H groups in total. The Morgan fingerprint density at radius 2 is 2.46 bits per heavy atom. The zero-order valence-electron chi connectivity index (χ0n) is 7.03. The molecule has 2 rings (SSSR count). The lowest BCUT2D eigenvalue weighted by Crippen LogP contribution is -2.01. The van der Waals surface area contributed by atoms with Gasteiger partial charge in [-0.3, -0.25) is 0 Å². The van der Waals surface area contributed by atoms with Gasteiger partial charge >= 0.3 is 5.97 Å². The number of ether oxygens (including phenoxy) is 2. The van der Waals surface area contributed by atoms with Gasteiger partial charge < -0.3 is 14.6 Å². The lowest BCUT2D eigenvalue weighted by molar-refractivity contribution is -0.132. The largest absolute Gasteiger partial charge is 0.504 e. The topological polar surface area (TPSA) is 59.1 Å². The quantitative estimate of drug-likeness (QED) is 0.648. The third-order valence-corrected chi connectivity index (χ3v) is 1.92. The molecule has 1 aliphatic carbocycles. The fourth-order valence-electron chi connectivity index (χ4n) is 1.29. The Labute approximate surface area is 74.8 Å². The lowest BCUT2D eigenvalue weighted by Gasteiger charge is -1.99. The Balaban J connectivity index is 2.25. The fraction of sp³-hybridized carbons (Fsp3) is 0.222. The van der Waals surface area contributed by atoms with Gasteiger partial charge in [0.2, 0.25) is 0 Å². The number of methoxy groups -OCH3 is 1. The Kier molecular flexibility index (Phi) is 1.62. The molecule has 0 saturated carbocycles. The SMILES string of the molecule is CO/C=C1/CC=C(C(=O)O)C2=C1O2. The molecule has 4 nitrogen and oxygen atoms in total. The van der Waals surface area contributed by atoms with Crippen molar-refractivity contribution in [3.8, 4) is 0 Å². The number of rotatable bonds is 2. The number of hydrogen-bond acceptors (Lipinski definition) is 3. The van der Waals surface area contributed by atoms with Gasteiger partial charge in [-0.2, -0.15) is 0 Å². The predicted octanol–water partition coefficient (Wildman–Crippen LogP) is 1.17. The summed E-state index contributed by atoms with van der Waals surface area (Å²) in [6.07, 6.45) is 3.74. The molecule has 0 saturated heterocycles. The summed E-state index contributed by atoms with van der Waals surface area (Å²) >= 11 is 0. The van der Waals surface area contributed by atoms with Crippen LogP contribution in [0.1, 0.15) is 6.42 Å². The zero-order valence-corrected chi connectivity index (χ0v) is 7.03. The van der Waals surface area contributed by atoms with Crippen LogP contribution in [0.25, 0.3) is 0 Å². The number of carbonyl (C=O) groups is 1. The Morgan fingerprint density at radius 3 is 3.08 bits per heavy atom. The maximum Gasteiger partial charge on any atom is 0.339 e. The molecule has 1 heterocycles. The second-order valence-corrected chi connectivity index (χ2v) is 2.77. The first-order chi connectivity index (χ1) is 6.24. The third kappa shape index (κ3) is 1.20. The summed E-state index contributed by atoms with van der Waals surface area (Å²) in [5.41, 5.74) is 1.14. The van der Waals surface area contributed by atoms with E-state index in [0.29, 0.717) is 17.9 Å². The molecule has 1 aliphatic heterocycles. The van der Waals surface area contributed by atoms with Gasteiger partial charge in [-0.15, -0.1) is 0 Å². The van der Waals surface area contributed by atoms with Crippen LogP contribution < -0.4 is 0 Å². The van der Waals surface area contributed by atoms with Gasteiger partial charge in [0.25, 0.3) is 0 Å². The molecule has 0 aromatic heterocycles. The average Bonchev–Trinajstić information content (AvgIpc) is 2.83. The van der Waals surface area contributed by atoms with E-state index in [2.05, 4.69) is 0 Å². The molecule has 68 valence electrons. The van der Waals surface area contributed by atoms with Crippen LogP contribution in [0, 0.1) is 0 Å². The molecule has 0 radical (unpaired) electrons. The molecule has 0 spiro atoms. The number of carboxylic acids is 1. The first-order valence-corrected chi connectivity index (χ1v) is 3.82. The van der Waals surface area contributed by atoms with Crippen LogP contribution in [-0.4, -0.2) is 18.2 Å². The van der Waals surface area contributed by atoms with Crippen molar-refractivity contribution < 1.29 is 19.4 Å². The second kappa shape index (κ2) is 2.65. The average molecular weight is 180 g/mol. The van der Waals surface area contributed by atoms with E-state index in [4.69, 9.17) is 14.6 Å². The summed E-state index contributed by atoms with van der Waals surface area (Å²) in [7, 11) is 1.55. The van der Waals surface area contributed by atoms with E-state index in [0.717, 1.165) is 5.57 Å². The van der Waals surface area contributed by atoms with Crippen LogP contribution >= 0.6 is 0 Å². The van der Waals surface area contributed by atoms with Gasteiger partial charge in [0, 0.05) is 5.57 Å². The maximum atomic E-state index is 10.6. The highest BCUT2D eigenvalue weighted by atomic mass is 16.6. The molecular formula is C9H8O4. The molecule has 0 aromatic rings. The van der Waals surface area contributed by atoms with E-state index in [1.807, 2.05) is 0 Å². The van der Waals surface area contributed by atoms with Crippen molar-refractivity contribution in [1.82, 2.24) is 0 Å². The Hall–Kier alpha value is -1.71. The van der Waals surface area contributed by atoms with Crippen LogP contribution in [-0.2, 0) is 14.3 Å². The van der Waals surface area contributed by atoms with E-state index < -0.39 is 5.97 Å². The third-order valence-electron chi connectivity index (χ3n) is 1.92. The molecule has 0 aromatic carbocycles. The summed E-state index contributed by atoms with van der Waals surface area (Å²) in [5.74, 6) is 0.185. The highest BCUT2D eigenvalue weighted by molar-refractivity contribution is 5.93. The molecule has 0 amide bonds. The molecule has 0 fully saturated rings. The monoisotopic (exact) mass is 180 g/mol. The second-order valence-electron chi connectivity index (χ2n) is 2.77. The van der Waals surface area contributed by atoms with Gasteiger partial charge in [0.1, 0.15) is 5.57 Å². The van der Waals surface area contributed by atoms with Crippen molar-refractivity contribution >= 4 is 5.97 Å². The summed E-state index contributed by atoms with van der Waals surface area (Å²) < 4.78 is 9.87. The van der Waals surface area contributed by atoms with Crippen molar-refractivity contribution in [1.29, 1.82) is 0 Å². The van der Waals surface area contributed by atoms with Gasteiger partial charge in [-0.1, -0.05) is 6.08 Å². The number of hydrogen-bond donors (Lipinski definition) is 1. The van der Waals surface area contributed by atoms with Gasteiger partial charge in [0.05, 0.1) is 13.4 Å². The molecule has 13 heavy (non-hydrogen) atoms. The molecule has 4 heteroatoms. The Bertz CT molecular complexity index is 360. The van der Waals surface area contributed by atoms with E-state index in [1.165, 1.54) is 0 Å². The van der Waals surface area contributed by atoms with E-state index >= 15 is 0 Å². The summed E-state index contributed by atoms with van der Waals surface area (Å²) in [6.45, 7) is 0. The Morgan fingerprint density at radius 1 is 1.69 bits per heavy atom. The molecule has 0 unspecified atom stereocenters. The highest BCUT2D eigenvalue weighted by Crippen LogP contribution is 2.43. The summed E-state index contributed by atoms with van der Waals surface area (Å²) in [6, 6.07) is 0. The van der Waals surface area contributed by atoms with Gasteiger partial charge in [-0.05, 0) is 6.42 Å². The molecule has 0 bridgehead atoms. The van der Waals surface area contributed by atoms with Crippen LogP contribution in [0.3, 0.4) is 0 Å². The standard InChI is InChI=1S/C9H8O4/c1-12-4-5-2-3-6(9(10)11)8-7(5)13-8/h3-4H,2H2,1H3,(H,10,11)/b5-4-. The van der Waals surface area contributed by atoms with Crippen LogP contribution in [0.4, 0.5) is 0 Å². The lowest BCUT2D eigenvalue weighted by atomic mass is 10.0. The van der Waals surface area contributed by atoms with E-state index in [9.17, 15) is 4.79 Å². The van der Waals surface area contributed by atoms with Crippen LogP contribution in [0.5, 0.6) is 0 Å². The first kappa shape index (κ1) is 7.91. The zero-order chi connectivity index (χ0) is 9.42. The number of allylic oxidation sites excluding steroid dienone is 2. The molecular weight excluding hydrogens is 172 g/mol. The maximum absolute atomic E-state index is 10.6. The molecule has 0 atom stereocenters. The highest BCUT2D eigenvalue weighted by Gasteiger charge is 2.38. The minimum Gasteiger partial charge on any atom is -0.504 e. The minimum absolute atomic E-state index is 0.253. The van der Waals surface area contributed by atoms with Crippen molar-refractivity contribution in [3.63, 3.8) is 0 Å². The van der Waals surface area contributed by atoms with Crippen molar-refractivity contribution in [2.24, 2.45) is 0 Å². The number of carboxylic acid groups (broad SMARTS) is 1. The number of aliphatic carboxylic acids is 1. The van der Waals surface area contributed by atoms with Gasteiger partial charge in [0.15, 0.2) is 11.5 Å². The van der Waals surface area contributed by atoms with Crippen molar-refractivity contribution in [2.45, 2.75) is 6.42 Å². The summed E-state index contributed by atoms with van der Waals surface area (Å²) in [5, 5.41) is 8.72. The predicted molar refractivity (Wildman–Crippen MR) is 43.5 cm³/mol. The van der Waals surface area contributed by atoms with Gasteiger partial charge in [-0.25, -0.2) is 4.79 Å². The summed E-state index contributed by atoms with van der Waals surface area (Å²) in [4.78, 5) is 10.6. The fourth-order valence-corrected chi connectivity index (χ4v) is 1.29. The van der Waals surface area contributed by atoms with Crippen molar-refractivity contribution in [3.05, 3.63) is 35.0 Å². The van der Waals surface area contributed by atoms with Crippen molar-refractivity contribution in [2.75, 3.05) is 7.11 Å². The van der Waals surface area contributed by atoms with E-state index in [1.54, 1.807) is 19.4 Å². The van der Waals surface area contributed by atoms with Crippen LogP contribution in [0.2, 0.25) is 0 Å². The smallest absolute Gasteiger partial charge is 0.339 e. The first-order valence-electron chi connectivity index (χ1n) is 3.82.